The molecule has 0 aliphatic heterocycles. The van der Waals surface area contributed by atoms with Crippen molar-refractivity contribution < 1.29 is 9.53 Å². The highest BCUT2D eigenvalue weighted by Gasteiger charge is 2.08. The van der Waals surface area contributed by atoms with Crippen LogP contribution in [-0.2, 0) is 4.74 Å². The highest BCUT2D eigenvalue weighted by atomic mass is 79.9. The molecule has 0 aliphatic rings. The van der Waals surface area contributed by atoms with Crippen molar-refractivity contribution in [2.24, 2.45) is 0 Å². The van der Waals surface area contributed by atoms with Crippen molar-refractivity contribution in [3.63, 3.8) is 0 Å². The summed E-state index contributed by atoms with van der Waals surface area (Å²) in [5.41, 5.74) is 1.54. The molecule has 2 N–H and O–H groups in total. The second kappa shape index (κ2) is 6.73. The van der Waals surface area contributed by atoms with Gasteiger partial charge in [0.25, 0.3) is 5.91 Å². The zero-order valence-electron chi connectivity index (χ0n) is 10.8. The van der Waals surface area contributed by atoms with Gasteiger partial charge in [0.05, 0.1) is 0 Å². The van der Waals surface area contributed by atoms with E-state index in [4.69, 9.17) is 4.74 Å². The van der Waals surface area contributed by atoms with Gasteiger partial charge in [-0.25, -0.2) is 0 Å². The summed E-state index contributed by atoms with van der Waals surface area (Å²) in [7, 11) is 0. The Morgan fingerprint density at radius 2 is 2.26 bits per heavy atom. The summed E-state index contributed by atoms with van der Waals surface area (Å²) in [5.74, 6) is -0.0798. The highest BCUT2D eigenvalue weighted by molar-refractivity contribution is 9.10. The Morgan fingerprint density at radius 3 is 3.05 bits per heavy atom. The van der Waals surface area contributed by atoms with Crippen LogP contribution >= 0.6 is 15.9 Å². The van der Waals surface area contributed by atoms with Gasteiger partial charge in [0.2, 0.25) is 0 Å². The van der Waals surface area contributed by atoms with Crippen molar-refractivity contribution in [1.82, 2.24) is 10.3 Å². The molecule has 0 spiro atoms. The Morgan fingerprint density at radius 1 is 1.42 bits per heavy atom. The molecule has 1 aromatic carbocycles. The fourth-order valence-corrected chi connectivity index (χ4v) is 2.20. The van der Waals surface area contributed by atoms with Gasteiger partial charge in [-0.3, -0.25) is 4.79 Å². The second-order valence-corrected chi connectivity index (χ2v) is 5.14. The zero-order chi connectivity index (χ0) is 13.7. The van der Waals surface area contributed by atoms with Crippen LogP contribution in [0.4, 0.5) is 0 Å². The molecule has 0 saturated heterocycles. The van der Waals surface area contributed by atoms with E-state index in [0.29, 0.717) is 25.5 Å². The van der Waals surface area contributed by atoms with Crippen LogP contribution in [0.15, 0.2) is 28.7 Å². The Labute approximate surface area is 120 Å². The summed E-state index contributed by atoms with van der Waals surface area (Å²) < 4.78 is 6.21. The monoisotopic (exact) mass is 324 g/mol. The average molecular weight is 325 g/mol. The lowest BCUT2D eigenvalue weighted by molar-refractivity contribution is 0.0940. The zero-order valence-corrected chi connectivity index (χ0v) is 12.4. The van der Waals surface area contributed by atoms with Crippen LogP contribution < -0.4 is 5.32 Å². The molecule has 1 aromatic heterocycles. The first-order chi connectivity index (χ1) is 9.20. The summed E-state index contributed by atoms with van der Waals surface area (Å²) in [4.78, 5) is 15.1. The number of fused-ring (bicyclic) bond motifs is 1. The van der Waals surface area contributed by atoms with Crippen LogP contribution in [0.5, 0.6) is 0 Å². The van der Waals surface area contributed by atoms with Crippen LogP contribution in [0.1, 0.15) is 23.8 Å². The standard InChI is InChI=1S/C14H17BrN2O2/c1-2-19-7-3-6-16-14(18)13-8-10-4-5-11(15)9-12(10)17-13/h4-5,8-9,17H,2-3,6-7H2,1H3,(H,16,18). The molecule has 0 aliphatic carbocycles. The number of nitrogens with one attached hydrogen (secondary N) is 2. The van der Waals surface area contributed by atoms with Gasteiger partial charge < -0.3 is 15.0 Å². The van der Waals surface area contributed by atoms with Crippen molar-refractivity contribution in [3.8, 4) is 0 Å². The van der Waals surface area contributed by atoms with E-state index in [1.807, 2.05) is 31.2 Å². The summed E-state index contributed by atoms with van der Waals surface area (Å²) in [5, 5.41) is 3.90. The molecule has 0 fully saturated rings. The minimum absolute atomic E-state index is 0.0798. The lowest BCUT2D eigenvalue weighted by Gasteiger charge is -2.03. The van der Waals surface area contributed by atoms with E-state index in [1.54, 1.807) is 0 Å². The molecule has 0 bridgehead atoms. The maximum atomic E-state index is 11.9. The number of carbonyl (C=O) groups excluding carboxylic acids is 1. The number of aromatic amines is 1. The predicted octanol–water partition coefficient (Wildman–Crippen LogP) is 3.09. The number of hydrogen-bond acceptors (Lipinski definition) is 2. The molecule has 102 valence electrons. The largest absolute Gasteiger partial charge is 0.382 e. The summed E-state index contributed by atoms with van der Waals surface area (Å²) in [6, 6.07) is 7.75. The minimum Gasteiger partial charge on any atom is -0.382 e. The molecule has 0 atom stereocenters. The molecular formula is C14H17BrN2O2. The molecule has 2 aromatic rings. The lowest BCUT2D eigenvalue weighted by Crippen LogP contribution is -2.25. The fraction of sp³-hybridized carbons (Fsp3) is 0.357. The molecule has 1 amide bonds. The third-order valence-corrected chi connectivity index (χ3v) is 3.28. The number of carbonyl (C=O) groups is 1. The van der Waals surface area contributed by atoms with E-state index < -0.39 is 0 Å². The lowest BCUT2D eigenvalue weighted by atomic mass is 10.2. The molecule has 19 heavy (non-hydrogen) atoms. The van der Waals surface area contributed by atoms with E-state index in [0.717, 1.165) is 21.8 Å². The third-order valence-electron chi connectivity index (χ3n) is 2.78. The first-order valence-electron chi connectivity index (χ1n) is 6.35. The number of benzene rings is 1. The van der Waals surface area contributed by atoms with E-state index in [2.05, 4.69) is 26.2 Å². The summed E-state index contributed by atoms with van der Waals surface area (Å²) in [6.45, 7) is 3.97. The minimum atomic E-state index is -0.0798. The van der Waals surface area contributed by atoms with Crippen LogP contribution in [0.3, 0.4) is 0 Å². The molecule has 0 unspecified atom stereocenters. The number of aromatic nitrogens is 1. The predicted molar refractivity (Wildman–Crippen MR) is 79.4 cm³/mol. The molecule has 2 rings (SSSR count). The smallest absolute Gasteiger partial charge is 0.267 e. The molecule has 1 heterocycles. The maximum Gasteiger partial charge on any atom is 0.267 e. The SMILES string of the molecule is CCOCCCNC(=O)c1cc2ccc(Br)cc2[nH]1. The summed E-state index contributed by atoms with van der Waals surface area (Å²) in [6.07, 6.45) is 0.825. The molecular weight excluding hydrogens is 308 g/mol. The van der Waals surface area contributed by atoms with E-state index >= 15 is 0 Å². The van der Waals surface area contributed by atoms with Gasteiger partial charge in [0, 0.05) is 35.1 Å². The van der Waals surface area contributed by atoms with E-state index in [-0.39, 0.29) is 5.91 Å². The molecule has 4 nitrogen and oxygen atoms in total. The van der Waals surface area contributed by atoms with Crippen LogP contribution in [-0.4, -0.2) is 30.6 Å². The van der Waals surface area contributed by atoms with Crippen LogP contribution in [0, 0.1) is 0 Å². The topological polar surface area (TPSA) is 54.1 Å². The number of hydrogen-bond donors (Lipinski definition) is 2. The Balaban J connectivity index is 1.94. The molecule has 0 saturated carbocycles. The molecule has 5 heteroatoms. The summed E-state index contributed by atoms with van der Waals surface area (Å²) >= 11 is 3.41. The highest BCUT2D eigenvalue weighted by Crippen LogP contribution is 2.20. The van der Waals surface area contributed by atoms with Gasteiger partial charge in [-0.2, -0.15) is 0 Å². The first kappa shape index (κ1) is 14.1. The van der Waals surface area contributed by atoms with E-state index in [9.17, 15) is 4.79 Å². The maximum absolute atomic E-state index is 11.9. The number of halogens is 1. The third kappa shape index (κ3) is 3.81. The van der Waals surface area contributed by atoms with Crippen molar-refractivity contribution in [1.29, 1.82) is 0 Å². The van der Waals surface area contributed by atoms with Gasteiger partial charge in [-0.1, -0.05) is 22.0 Å². The van der Waals surface area contributed by atoms with Crippen molar-refractivity contribution in [2.75, 3.05) is 19.8 Å². The normalized spacial score (nSPS) is 10.8. The Bertz CT molecular complexity index is 566. The Hall–Kier alpha value is -1.33. The van der Waals surface area contributed by atoms with Crippen LogP contribution in [0.2, 0.25) is 0 Å². The van der Waals surface area contributed by atoms with E-state index in [1.165, 1.54) is 0 Å². The van der Waals surface area contributed by atoms with Gasteiger partial charge in [0.15, 0.2) is 0 Å². The second-order valence-electron chi connectivity index (χ2n) is 4.22. The average Bonchev–Trinajstić information content (AvgIpc) is 2.81. The number of amides is 1. The van der Waals surface area contributed by atoms with Crippen molar-refractivity contribution in [2.45, 2.75) is 13.3 Å². The van der Waals surface area contributed by atoms with Gasteiger partial charge in [-0.15, -0.1) is 0 Å². The number of H-pyrrole nitrogens is 1. The molecule has 0 radical (unpaired) electrons. The first-order valence-corrected chi connectivity index (χ1v) is 7.14. The van der Waals surface area contributed by atoms with Gasteiger partial charge >= 0.3 is 0 Å². The van der Waals surface area contributed by atoms with Crippen molar-refractivity contribution >= 4 is 32.7 Å². The van der Waals surface area contributed by atoms with Gasteiger partial charge in [0.1, 0.15) is 5.69 Å². The fourth-order valence-electron chi connectivity index (χ4n) is 1.84. The number of ether oxygens (including phenoxy) is 1. The van der Waals surface area contributed by atoms with Crippen LogP contribution in [0.25, 0.3) is 10.9 Å². The van der Waals surface area contributed by atoms with Gasteiger partial charge in [-0.05, 0) is 31.5 Å². The number of rotatable bonds is 6. The van der Waals surface area contributed by atoms with Crippen molar-refractivity contribution in [3.05, 3.63) is 34.4 Å². The Kier molecular flexibility index (Phi) is 4.99. The quantitative estimate of drug-likeness (QED) is 0.802.